The van der Waals surface area contributed by atoms with Gasteiger partial charge in [0.1, 0.15) is 5.82 Å². The van der Waals surface area contributed by atoms with Gasteiger partial charge in [-0.15, -0.1) is 0 Å². The van der Waals surface area contributed by atoms with Crippen LogP contribution in [0.2, 0.25) is 0 Å². The lowest BCUT2D eigenvalue weighted by Gasteiger charge is -2.38. The van der Waals surface area contributed by atoms with Gasteiger partial charge < -0.3 is 10.5 Å². The van der Waals surface area contributed by atoms with Crippen LogP contribution in [0.15, 0.2) is 18.2 Å². The number of rotatable bonds is 2. The van der Waals surface area contributed by atoms with E-state index >= 15 is 0 Å². The van der Waals surface area contributed by atoms with Crippen molar-refractivity contribution in [1.29, 1.82) is 0 Å². The van der Waals surface area contributed by atoms with E-state index in [2.05, 4.69) is 13.8 Å². The van der Waals surface area contributed by atoms with Crippen molar-refractivity contribution in [3.8, 4) is 0 Å². The number of hydrogen-bond acceptors (Lipinski definition) is 2. The highest BCUT2D eigenvalue weighted by Gasteiger charge is 2.36. The average molecular weight is 223 g/mol. The normalized spacial score (nSPS) is 28.9. The first-order valence-electron chi connectivity index (χ1n) is 5.73. The highest BCUT2D eigenvalue weighted by atomic mass is 19.1. The fourth-order valence-corrected chi connectivity index (χ4v) is 2.31. The lowest BCUT2D eigenvalue weighted by atomic mass is 9.75. The van der Waals surface area contributed by atoms with Gasteiger partial charge in [0.15, 0.2) is 0 Å². The fourth-order valence-electron chi connectivity index (χ4n) is 2.31. The summed E-state index contributed by atoms with van der Waals surface area (Å²) in [6, 6.07) is 5.24. The van der Waals surface area contributed by atoms with Crippen molar-refractivity contribution in [3.05, 3.63) is 35.1 Å². The molecule has 1 aromatic rings. The van der Waals surface area contributed by atoms with Crippen LogP contribution in [0.3, 0.4) is 0 Å². The standard InChI is InChI=1S/C13H18FNO/c1-3-13(2)8-16-11(7-15)12-9(13)5-4-6-10(12)14/h4-6,11H,3,7-8,15H2,1-2H3/t11-,13+/m0/s1. The third-order valence-electron chi connectivity index (χ3n) is 3.62. The third-order valence-corrected chi connectivity index (χ3v) is 3.62. The van der Waals surface area contributed by atoms with Crippen molar-refractivity contribution in [2.45, 2.75) is 31.8 Å². The van der Waals surface area contributed by atoms with Crippen LogP contribution in [0.4, 0.5) is 4.39 Å². The van der Waals surface area contributed by atoms with Crippen LogP contribution in [0.1, 0.15) is 37.5 Å². The first-order valence-corrected chi connectivity index (χ1v) is 5.73. The molecule has 0 bridgehead atoms. The zero-order valence-corrected chi connectivity index (χ0v) is 9.79. The molecule has 0 aromatic heterocycles. The van der Waals surface area contributed by atoms with Crippen molar-refractivity contribution in [2.24, 2.45) is 5.73 Å². The van der Waals surface area contributed by atoms with Crippen LogP contribution in [-0.2, 0) is 10.2 Å². The lowest BCUT2D eigenvalue weighted by molar-refractivity contribution is 0.00350. The Labute approximate surface area is 95.6 Å². The summed E-state index contributed by atoms with van der Waals surface area (Å²) in [5.41, 5.74) is 7.24. The number of fused-ring (bicyclic) bond motifs is 1. The Kier molecular flexibility index (Phi) is 3.00. The van der Waals surface area contributed by atoms with Crippen molar-refractivity contribution in [1.82, 2.24) is 0 Å². The van der Waals surface area contributed by atoms with Gasteiger partial charge in [0.05, 0.1) is 12.7 Å². The maximum absolute atomic E-state index is 13.9. The Morgan fingerprint density at radius 2 is 2.31 bits per heavy atom. The molecular weight excluding hydrogens is 205 g/mol. The van der Waals surface area contributed by atoms with E-state index in [-0.39, 0.29) is 17.3 Å². The molecule has 0 amide bonds. The Bertz CT molecular complexity index is 394. The zero-order valence-electron chi connectivity index (χ0n) is 9.79. The average Bonchev–Trinajstić information content (AvgIpc) is 2.31. The molecule has 0 saturated heterocycles. The Morgan fingerprint density at radius 3 is 2.94 bits per heavy atom. The summed E-state index contributed by atoms with van der Waals surface area (Å²) < 4.78 is 19.5. The van der Waals surface area contributed by atoms with Crippen molar-refractivity contribution in [2.75, 3.05) is 13.2 Å². The van der Waals surface area contributed by atoms with Crippen molar-refractivity contribution in [3.63, 3.8) is 0 Å². The number of ether oxygens (including phenoxy) is 1. The molecule has 0 aliphatic carbocycles. The van der Waals surface area contributed by atoms with Crippen molar-refractivity contribution >= 4 is 0 Å². The van der Waals surface area contributed by atoms with E-state index in [9.17, 15) is 4.39 Å². The number of nitrogens with two attached hydrogens (primary N) is 1. The molecule has 1 aromatic carbocycles. The summed E-state index contributed by atoms with van der Waals surface area (Å²) in [5.74, 6) is -0.202. The number of benzene rings is 1. The topological polar surface area (TPSA) is 35.2 Å². The van der Waals surface area contributed by atoms with Gasteiger partial charge in [-0.25, -0.2) is 4.39 Å². The number of halogens is 1. The predicted molar refractivity (Wildman–Crippen MR) is 61.8 cm³/mol. The monoisotopic (exact) mass is 223 g/mol. The molecule has 0 unspecified atom stereocenters. The molecule has 2 nitrogen and oxygen atoms in total. The molecule has 16 heavy (non-hydrogen) atoms. The van der Waals surface area contributed by atoms with Crippen LogP contribution in [0.5, 0.6) is 0 Å². The Hall–Kier alpha value is -0.930. The largest absolute Gasteiger partial charge is 0.371 e. The van der Waals surface area contributed by atoms with Crippen LogP contribution >= 0.6 is 0 Å². The summed E-state index contributed by atoms with van der Waals surface area (Å²) in [7, 11) is 0. The van der Waals surface area contributed by atoms with E-state index in [0.29, 0.717) is 18.7 Å². The zero-order chi connectivity index (χ0) is 11.8. The SMILES string of the molecule is CC[C@]1(C)CO[C@@H](CN)c2c(F)cccc21. The van der Waals surface area contributed by atoms with Gasteiger partial charge in [-0.2, -0.15) is 0 Å². The van der Waals surface area contributed by atoms with Crippen molar-refractivity contribution < 1.29 is 9.13 Å². The van der Waals surface area contributed by atoms with Gasteiger partial charge in [-0.1, -0.05) is 26.0 Å². The summed E-state index contributed by atoms with van der Waals surface area (Å²) >= 11 is 0. The van der Waals surface area contributed by atoms with E-state index in [4.69, 9.17) is 10.5 Å². The highest BCUT2D eigenvalue weighted by molar-refractivity contribution is 5.38. The maximum Gasteiger partial charge on any atom is 0.129 e. The summed E-state index contributed by atoms with van der Waals surface area (Å²) in [6.07, 6.45) is 0.636. The van der Waals surface area contributed by atoms with Gasteiger partial charge in [0, 0.05) is 17.5 Å². The second-order valence-electron chi connectivity index (χ2n) is 4.65. The molecule has 2 atom stereocenters. The molecule has 1 aliphatic rings. The van der Waals surface area contributed by atoms with Gasteiger partial charge in [-0.3, -0.25) is 0 Å². The van der Waals surface area contributed by atoms with Gasteiger partial charge in [0.2, 0.25) is 0 Å². The maximum atomic E-state index is 13.9. The van der Waals surface area contributed by atoms with E-state index in [1.165, 1.54) is 6.07 Å². The second kappa shape index (κ2) is 4.15. The smallest absolute Gasteiger partial charge is 0.129 e. The molecule has 0 radical (unpaired) electrons. The molecule has 1 aliphatic heterocycles. The molecule has 88 valence electrons. The van der Waals surface area contributed by atoms with Crippen LogP contribution < -0.4 is 5.73 Å². The van der Waals surface area contributed by atoms with Gasteiger partial charge in [0.25, 0.3) is 0 Å². The summed E-state index contributed by atoms with van der Waals surface area (Å²) in [4.78, 5) is 0. The van der Waals surface area contributed by atoms with Crippen LogP contribution in [0, 0.1) is 5.82 Å². The first-order chi connectivity index (χ1) is 7.62. The highest BCUT2D eigenvalue weighted by Crippen LogP contribution is 2.40. The second-order valence-corrected chi connectivity index (χ2v) is 4.65. The fraction of sp³-hybridized carbons (Fsp3) is 0.538. The minimum absolute atomic E-state index is 0.0941. The van der Waals surface area contributed by atoms with E-state index in [1.807, 2.05) is 6.07 Å². The molecule has 2 N–H and O–H groups in total. The van der Waals surface area contributed by atoms with E-state index in [1.54, 1.807) is 6.07 Å². The Balaban J connectivity index is 2.57. The molecule has 0 fully saturated rings. The molecular formula is C13H18FNO. The molecule has 2 rings (SSSR count). The minimum atomic E-state index is -0.296. The molecule has 0 saturated carbocycles. The third kappa shape index (κ3) is 1.64. The minimum Gasteiger partial charge on any atom is -0.371 e. The predicted octanol–water partition coefficient (Wildman–Crippen LogP) is 2.52. The Morgan fingerprint density at radius 1 is 1.56 bits per heavy atom. The molecule has 3 heteroatoms. The molecule has 1 heterocycles. The van der Waals surface area contributed by atoms with E-state index < -0.39 is 0 Å². The first kappa shape index (κ1) is 11.6. The summed E-state index contributed by atoms with van der Waals surface area (Å²) in [5, 5.41) is 0. The quantitative estimate of drug-likeness (QED) is 0.836. The van der Waals surface area contributed by atoms with Crippen LogP contribution in [0.25, 0.3) is 0 Å². The number of hydrogen-bond donors (Lipinski definition) is 1. The van der Waals surface area contributed by atoms with Gasteiger partial charge in [-0.05, 0) is 18.1 Å². The lowest BCUT2D eigenvalue weighted by Crippen LogP contribution is -2.37. The van der Waals surface area contributed by atoms with Crippen LogP contribution in [-0.4, -0.2) is 13.2 Å². The summed E-state index contributed by atoms with van der Waals surface area (Å²) in [6.45, 7) is 5.15. The molecule has 0 spiro atoms. The van der Waals surface area contributed by atoms with E-state index in [0.717, 1.165) is 12.0 Å². The van der Waals surface area contributed by atoms with Gasteiger partial charge >= 0.3 is 0 Å².